The van der Waals surface area contributed by atoms with Crippen LogP contribution in [0.1, 0.15) is 47.1 Å². The van der Waals surface area contributed by atoms with Crippen LogP contribution in [0.5, 0.6) is 5.75 Å². The Bertz CT molecular complexity index is 1690. The van der Waals surface area contributed by atoms with Crippen LogP contribution >= 0.6 is 0 Å². The number of anilines is 1. The van der Waals surface area contributed by atoms with Gasteiger partial charge < -0.3 is 10.1 Å². The highest BCUT2D eigenvalue weighted by Crippen LogP contribution is 2.50. The van der Waals surface area contributed by atoms with Crippen molar-refractivity contribution < 1.29 is 9.53 Å². The number of rotatable bonds is 5. The van der Waals surface area contributed by atoms with Crippen LogP contribution in [0.2, 0.25) is 0 Å². The van der Waals surface area contributed by atoms with Crippen molar-refractivity contribution in [3.63, 3.8) is 0 Å². The highest BCUT2D eigenvalue weighted by Gasteiger charge is 2.38. The van der Waals surface area contributed by atoms with Crippen LogP contribution in [0, 0.1) is 0 Å². The van der Waals surface area contributed by atoms with Crippen LogP contribution in [0.3, 0.4) is 0 Å². The molecule has 0 radical (unpaired) electrons. The largest absolute Gasteiger partial charge is 0.489 e. The summed E-state index contributed by atoms with van der Waals surface area (Å²) in [5, 5.41) is 4.80. The first-order valence-electron chi connectivity index (χ1n) is 13.5. The molecule has 1 aliphatic heterocycles. The number of ketones is 1. The molecule has 2 heterocycles. The molecule has 4 nitrogen and oxygen atoms in total. The van der Waals surface area contributed by atoms with Gasteiger partial charge in [-0.2, -0.15) is 0 Å². The fourth-order valence-corrected chi connectivity index (χ4v) is 6.04. The molecule has 1 N–H and O–H groups in total. The molecule has 0 fully saturated rings. The molecule has 1 aliphatic carbocycles. The molecule has 1 aromatic heterocycles. The van der Waals surface area contributed by atoms with E-state index in [0.717, 1.165) is 56.6 Å². The van der Waals surface area contributed by atoms with Gasteiger partial charge in [0.1, 0.15) is 12.4 Å². The molecule has 0 saturated heterocycles. The molecule has 2 aliphatic rings. The molecule has 2 atom stereocenters. The number of Topliss-reactive ketones (excluding diaryl/α,β-unsaturated/α-hetero) is 1. The van der Waals surface area contributed by atoms with Crippen LogP contribution in [-0.2, 0) is 11.4 Å². The Labute approximate surface area is 228 Å². The predicted molar refractivity (Wildman–Crippen MR) is 156 cm³/mol. The molecule has 5 aromatic rings. The predicted octanol–water partition coefficient (Wildman–Crippen LogP) is 7.88. The third-order valence-electron chi connectivity index (χ3n) is 7.92. The summed E-state index contributed by atoms with van der Waals surface area (Å²) >= 11 is 0. The van der Waals surface area contributed by atoms with Gasteiger partial charge >= 0.3 is 0 Å². The van der Waals surface area contributed by atoms with Gasteiger partial charge in [-0.1, -0.05) is 78.9 Å². The van der Waals surface area contributed by atoms with Crippen LogP contribution in [0.25, 0.3) is 16.5 Å². The first-order valence-corrected chi connectivity index (χ1v) is 13.5. The number of nitrogens with one attached hydrogen (secondary N) is 1. The molecule has 0 saturated carbocycles. The fraction of sp³-hybridized carbons (Fsp3) is 0.143. The van der Waals surface area contributed by atoms with E-state index in [1.807, 2.05) is 48.7 Å². The van der Waals surface area contributed by atoms with E-state index in [0.29, 0.717) is 13.0 Å². The zero-order valence-electron chi connectivity index (χ0n) is 21.5. The molecule has 7 rings (SSSR count). The van der Waals surface area contributed by atoms with Crippen molar-refractivity contribution in [2.45, 2.75) is 31.4 Å². The van der Waals surface area contributed by atoms with Gasteiger partial charge in [-0.25, -0.2) is 0 Å². The van der Waals surface area contributed by atoms with Crippen LogP contribution in [0.4, 0.5) is 5.69 Å². The highest BCUT2D eigenvalue weighted by atomic mass is 16.5. The molecule has 0 spiro atoms. The lowest BCUT2D eigenvalue weighted by atomic mass is 9.72. The Morgan fingerprint density at radius 2 is 1.54 bits per heavy atom. The summed E-state index contributed by atoms with van der Waals surface area (Å²) in [6.45, 7) is 0.519. The number of carbonyl (C=O) groups is 1. The Kier molecular flexibility index (Phi) is 5.93. The second-order valence-corrected chi connectivity index (χ2v) is 10.3. The standard InChI is InChI=1S/C35H28N2O2/c38-32-21-26(24-10-5-2-6-11-24)20-29-33-28-12-7-19-36-30(28)17-18-31(33)37-35(34(29)32)25-13-15-27(16-14-25)39-22-23-8-3-1-4-9-23/h1-19,26,35,37H,20-22H2/t26-,35+/m1/s1. The van der Waals surface area contributed by atoms with Crippen molar-refractivity contribution in [3.05, 3.63) is 143 Å². The number of allylic oxidation sites excluding steroid dienone is 1. The minimum absolute atomic E-state index is 0.157. The third-order valence-corrected chi connectivity index (χ3v) is 7.92. The lowest BCUT2D eigenvalue weighted by Gasteiger charge is -2.37. The van der Waals surface area contributed by atoms with Crippen LogP contribution < -0.4 is 10.1 Å². The molecule has 0 amide bonds. The van der Waals surface area contributed by atoms with E-state index in [-0.39, 0.29) is 17.7 Å². The van der Waals surface area contributed by atoms with Gasteiger partial charge in [0.05, 0.1) is 11.6 Å². The average Bonchev–Trinajstić information content (AvgIpc) is 3.00. The van der Waals surface area contributed by atoms with Gasteiger partial charge in [0.2, 0.25) is 0 Å². The Morgan fingerprint density at radius 3 is 2.33 bits per heavy atom. The molecule has 0 bridgehead atoms. The van der Waals surface area contributed by atoms with Crippen molar-refractivity contribution in [2.24, 2.45) is 0 Å². The van der Waals surface area contributed by atoms with E-state index in [2.05, 4.69) is 77.0 Å². The first kappa shape index (κ1) is 23.4. The van der Waals surface area contributed by atoms with E-state index < -0.39 is 0 Å². The van der Waals surface area contributed by atoms with Crippen molar-refractivity contribution in [1.82, 2.24) is 4.98 Å². The van der Waals surface area contributed by atoms with E-state index in [9.17, 15) is 4.79 Å². The maximum Gasteiger partial charge on any atom is 0.162 e. The number of fused-ring (bicyclic) bond motifs is 4. The molecular weight excluding hydrogens is 480 g/mol. The average molecular weight is 509 g/mol. The summed E-state index contributed by atoms with van der Waals surface area (Å²) in [5.41, 5.74) is 8.52. The smallest absolute Gasteiger partial charge is 0.162 e. The topological polar surface area (TPSA) is 51.2 Å². The number of pyridine rings is 1. The summed E-state index contributed by atoms with van der Waals surface area (Å²) in [5.74, 6) is 1.17. The van der Waals surface area contributed by atoms with Crippen molar-refractivity contribution in [1.29, 1.82) is 0 Å². The number of nitrogens with zero attached hydrogens (tertiary/aromatic N) is 1. The minimum Gasteiger partial charge on any atom is -0.489 e. The summed E-state index contributed by atoms with van der Waals surface area (Å²) in [4.78, 5) is 18.5. The molecule has 39 heavy (non-hydrogen) atoms. The Hall–Kier alpha value is -4.70. The number of aromatic nitrogens is 1. The van der Waals surface area contributed by atoms with Crippen LogP contribution in [0.15, 0.2) is 121 Å². The normalized spacial score (nSPS) is 18.3. The maximum atomic E-state index is 13.9. The van der Waals surface area contributed by atoms with Gasteiger partial charge in [0.25, 0.3) is 0 Å². The molecular formula is C35H28N2O2. The van der Waals surface area contributed by atoms with Crippen molar-refractivity contribution in [3.8, 4) is 5.75 Å². The summed E-state index contributed by atoms with van der Waals surface area (Å²) < 4.78 is 6.02. The van der Waals surface area contributed by atoms with Gasteiger partial charge in [-0.05, 0) is 64.9 Å². The molecule has 4 heteroatoms. The zero-order chi connectivity index (χ0) is 26.2. The van der Waals surface area contributed by atoms with E-state index in [4.69, 9.17) is 4.74 Å². The third kappa shape index (κ3) is 4.38. The quantitative estimate of drug-likeness (QED) is 0.262. The fourth-order valence-electron chi connectivity index (χ4n) is 6.04. The summed E-state index contributed by atoms with van der Waals surface area (Å²) in [6.07, 6.45) is 3.16. The lowest BCUT2D eigenvalue weighted by molar-refractivity contribution is -0.116. The first-order chi connectivity index (χ1) is 19.2. The highest BCUT2D eigenvalue weighted by molar-refractivity contribution is 6.12. The second kappa shape index (κ2) is 9.88. The maximum absolute atomic E-state index is 13.9. The SMILES string of the molecule is O=C1C[C@H](c2ccccc2)CC2=C1[C@H](c1ccc(OCc3ccccc3)cc1)Nc1ccc3ncccc3c12. The lowest BCUT2D eigenvalue weighted by Crippen LogP contribution is -2.29. The summed E-state index contributed by atoms with van der Waals surface area (Å²) in [7, 11) is 0. The Balaban J connectivity index is 1.28. The van der Waals surface area contributed by atoms with Crippen molar-refractivity contribution in [2.75, 3.05) is 5.32 Å². The molecule has 4 aromatic carbocycles. The molecule has 190 valence electrons. The second-order valence-electron chi connectivity index (χ2n) is 10.3. The number of hydrogen-bond donors (Lipinski definition) is 1. The number of benzene rings is 4. The van der Waals surface area contributed by atoms with Crippen molar-refractivity contribution >= 4 is 27.9 Å². The van der Waals surface area contributed by atoms with Gasteiger partial charge in [0.15, 0.2) is 5.78 Å². The number of ether oxygens (including phenoxy) is 1. The summed E-state index contributed by atoms with van der Waals surface area (Å²) in [6, 6.07) is 36.8. The zero-order valence-corrected chi connectivity index (χ0v) is 21.5. The van der Waals surface area contributed by atoms with Gasteiger partial charge in [0, 0.05) is 34.8 Å². The van der Waals surface area contributed by atoms with Gasteiger partial charge in [-0.3, -0.25) is 9.78 Å². The van der Waals surface area contributed by atoms with Gasteiger partial charge in [-0.15, -0.1) is 0 Å². The van der Waals surface area contributed by atoms with E-state index in [1.165, 1.54) is 5.56 Å². The monoisotopic (exact) mass is 508 g/mol. The molecule has 0 unspecified atom stereocenters. The number of carbonyl (C=O) groups excluding carboxylic acids is 1. The van der Waals surface area contributed by atoms with Crippen LogP contribution in [-0.4, -0.2) is 10.8 Å². The number of hydrogen-bond acceptors (Lipinski definition) is 4. The minimum atomic E-state index is -0.214. The van der Waals surface area contributed by atoms with E-state index >= 15 is 0 Å². The Morgan fingerprint density at radius 1 is 0.769 bits per heavy atom. The van der Waals surface area contributed by atoms with E-state index in [1.54, 1.807) is 0 Å².